The fourth-order valence-corrected chi connectivity index (χ4v) is 4.91. The number of ether oxygens (including phenoxy) is 4. The number of unbranched alkanes of at least 4 members (excludes halogenated alkanes) is 1. The number of aryl methyl sites for hydroxylation is 1. The van der Waals surface area contributed by atoms with Gasteiger partial charge in [-0.2, -0.15) is 0 Å². The zero-order valence-electron chi connectivity index (χ0n) is 28.1. The van der Waals surface area contributed by atoms with Gasteiger partial charge in [0, 0.05) is 20.2 Å². The summed E-state index contributed by atoms with van der Waals surface area (Å²) in [4.78, 5) is 65.8. The molecule has 14 nitrogen and oxygen atoms in total. The Labute approximate surface area is 271 Å². The van der Waals surface area contributed by atoms with Crippen molar-refractivity contribution in [1.29, 1.82) is 0 Å². The second-order valence-corrected chi connectivity index (χ2v) is 12.3. The molecule has 0 saturated heterocycles. The number of hydrogen-bond donors (Lipinski definition) is 4. The van der Waals surface area contributed by atoms with E-state index in [0.29, 0.717) is 63.0 Å². The molecule has 1 aromatic carbocycles. The number of carbonyl (C=O) groups excluding carboxylic acids is 5. The van der Waals surface area contributed by atoms with Gasteiger partial charge >= 0.3 is 12.1 Å². The molecule has 4 atom stereocenters. The van der Waals surface area contributed by atoms with E-state index in [1.165, 1.54) is 26.0 Å². The Kier molecular flexibility index (Phi) is 15.2. The summed E-state index contributed by atoms with van der Waals surface area (Å²) in [6, 6.07) is 1.11. The van der Waals surface area contributed by atoms with Crippen LogP contribution >= 0.6 is 0 Å². The fraction of sp³-hybridized carbons (Fsp3) is 0.656. The van der Waals surface area contributed by atoms with Crippen molar-refractivity contribution < 1.29 is 42.9 Å². The smallest absolute Gasteiger partial charge is 0.407 e. The lowest BCUT2D eigenvalue weighted by Crippen LogP contribution is -2.54. The molecule has 0 fully saturated rings. The minimum absolute atomic E-state index is 0.0906. The predicted molar refractivity (Wildman–Crippen MR) is 170 cm³/mol. The van der Waals surface area contributed by atoms with Gasteiger partial charge in [0.1, 0.15) is 23.4 Å². The van der Waals surface area contributed by atoms with Crippen LogP contribution in [0, 0.1) is 0 Å². The molecule has 2 bridgehead atoms. The maximum absolute atomic E-state index is 13.8. The molecular weight excluding hydrogens is 598 g/mol. The molecule has 0 radical (unpaired) electrons. The second-order valence-electron chi connectivity index (χ2n) is 12.3. The van der Waals surface area contributed by atoms with Crippen molar-refractivity contribution >= 4 is 29.8 Å². The average Bonchev–Trinajstić information content (AvgIpc) is 2.99. The number of esters is 1. The number of nitrogens with two attached hydrogens (primary N) is 1. The third-order valence-electron chi connectivity index (χ3n) is 7.35. The first-order valence-electron chi connectivity index (χ1n) is 15.6. The Bertz CT molecular complexity index is 1200. The van der Waals surface area contributed by atoms with Crippen LogP contribution in [0.3, 0.4) is 0 Å². The third-order valence-corrected chi connectivity index (χ3v) is 7.35. The van der Waals surface area contributed by atoms with E-state index in [0.717, 1.165) is 5.56 Å². The van der Waals surface area contributed by atoms with Gasteiger partial charge in [0.15, 0.2) is 6.04 Å². The molecule has 1 aromatic rings. The van der Waals surface area contributed by atoms with Crippen LogP contribution in [0.25, 0.3) is 0 Å². The molecule has 1 heterocycles. The number of rotatable bonds is 9. The number of alkyl carbamates (subject to hydrolysis) is 1. The first kappa shape index (κ1) is 38.3. The Morgan fingerprint density at radius 1 is 1.11 bits per heavy atom. The van der Waals surface area contributed by atoms with E-state index in [9.17, 15) is 24.0 Å². The Morgan fingerprint density at radius 3 is 2.48 bits per heavy atom. The summed E-state index contributed by atoms with van der Waals surface area (Å²) in [7, 11) is 4.26. The molecule has 4 amide bonds. The van der Waals surface area contributed by atoms with Crippen LogP contribution in [0.1, 0.15) is 77.0 Å². The summed E-state index contributed by atoms with van der Waals surface area (Å²) < 4.78 is 21.2. The van der Waals surface area contributed by atoms with Gasteiger partial charge in [0.25, 0.3) is 0 Å². The van der Waals surface area contributed by atoms with Gasteiger partial charge < -0.3 is 45.5 Å². The normalized spacial score (nSPS) is 20.4. The second kappa shape index (κ2) is 18.3. The monoisotopic (exact) mass is 649 g/mol. The highest BCUT2D eigenvalue weighted by molar-refractivity contribution is 5.94. The summed E-state index contributed by atoms with van der Waals surface area (Å²) in [6.07, 6.45) is 2.90. The lowest BCUT2D eigenvalue weighted by atomic mass is 9.97. The quantitative estimate of drug-likeness (QED) is 0.227. The molecule has 46 heavy (non-hydrogen) atoms. The highest BCUT2D eigenvalue weighted by Crippen LogP contribution is 2.28. The lowest BCUT2D eigenvalue weighted by molar-refractivity contribution is -0.147. The zero-order chi connectivity index (χ0) is 34.4. The molecule has 0 unspecified atom stereocenters. The largest absolute Gasteiger partial charge is 0.496 e. The van der Waals surface area contributed by atoms with Crippen molar-refractivity contribution in [2.24, 2.45) is 5.73 Å². The molecule has 1 aliphatic heterocycles. The number of carbonyl (C=O) groups is 5. The maximum atomic E-state index is 13.8. The average molecular weight is 650 g/mol. The molecule has 5 N–H and O–H groups in total. The molecule has 0 aliphatic carbocycles. The summed E-state index contributed by atoms with van der Waals surface area (Å²) in [5.74, 6) is -1.74. The van der Waals surface area contributed by atoms with Gasteiger partial charge in [-0.3, -0.25) is 14.4 Å². The molecule has 14 heteroatoms. The molecule has 2 rings (SSSR count). The van der Waals surface area contributed by atoms with E-state index < -0.39 is 59.6 Å². The van der Waals surface area contributed by atoms with E-state index in [1.54, 1.807) is 40.0 Å². The van der Waals surface area contributed by atoms with Crippen molar-refractivity contribution in [3.8, 4) is 5.75 Å². The Morgan fingerprint density at radius 2 is 1.83 bits per heavy atom. The third kappa shape index (κ3) is 12.1. The number of nitrogens with one attached hydrogen (secondary N) is 3. The topological polar surface area (TPSA) is 188 Å². The maximum Gasteiger partial charge on any atom is 0.407 e. The summed E-state index contributed by atoms with van der Waals surface area (Å²) in [5.41, 5.74) is 7.04. The Hall–Kier alpha value is -3.91. The first-order valence-corrected chi connectivity index (χ1v) is 15.6. The number of methoxy groups -OCH3 is 2. The number of likely N-dealkylation sites (N-methyl/N-ethyl adjacent to an activating group) is 1. The van der Waals surface area contributed by atoms with Gasteiger partial charge in [-0.1, -0.05) is 6.07 Å². The Balaban J connectivity index is 2.26. The number of amides is 4. The SMILES string of the molecule is COC(=O)[C@@H]1COCCCCc2cc(ccc2OC)[C@H](N(C)C(=O)[C@@H](N)CCCCNC(=O)OC(C)(C)C)C(=O)N[C@@H](C)C(=O)N1. The van der Waals surface area contributed by atoms with E-state index in [4.69, 9.17) is 24.7 Å². The highest BCUT2D eigenvalue weighted by Gasteiger charge is 2.34. The van der Waals surface area contributed by atoms with Gasteiger partial charge in [0.05, 0.1) is 26.9 Å². The van der Waals surface area contributed by atoms with Crippen LogP contribution in [0.5, 0.6) is 5.75 Å². The van der Waals surface area contributed by atoms with Crippen molar-refractivity contribution in [3.05, 3.63) is 29.3 Å². The molecule has 0 spiro atoms. The number of fused-ring (bicyclic) bond motifs is 2. The molecule has 0 saturated carbocycles. The molecule has 0 aromatic heterocycles. The van der Waals surface area contributed by atoms with Crippen LogP contribution in [-0.2, 0) is 39.8 Å². The van der Waals surface area contributed by atoms with Gasteiger partial charge in [-0.05, 0) is 89.5 Å². The van der Waals surface area contributed by atoms with Crippen LogP contribution in [0.2, 0.25) is 0 Å². The number of hydrogen-bond acceptors (Lipinski definition) is 10. The molecule has 1 aliphatic rings. The van der Waals surface area contributed by atoms with E-state index in [1.807, 2.05) is 6.07 Å². The minimum Gasteiger partial charge on any atom is -0.496 e. The van der Waals surface area contributed by atoms with Crippen molar-refractivity contribution in [3.63, 3.8) is 0 Å². The van der Waals surface area contributed by atoms with Gasteiger partial charge in [0.2, 0.25) is 17.7 Å². The lowest BCUT2D eigenvalue weighted by Gasteiger charge is -2.31. The van der Waals surface area contributed by atoms with Crippen LogP contribution in [-0.4, -0.2) is 99.4 Å². The van der Waals surface area contributed by atoms with Crippen molar-refractivity contribution in [2.75, 3.05) is 41.0 Å². The number of nitrogens with zero attached hydrogens (tertiary/aromatic N) is 1. The predicted octanol–water partition coefficient (Wildman–Crippen LogP) is 1.73. The zero-order valence-corrected chi connectivity index (χ0v) is 28.1. The van der Waals surface area contributed by atoms with E-state index in [-0.39, 0.29) is 6.61 Å². The fourth-order valence-electron chi connectivity index (χ4n) is 4.91. The molecule has 258 valence electrons. The van der Waals surface area contributed by atoms with Crippen LogP contribution in [0.4, 0.5) is 4.79 Å². The van der Waals surface area contributed by atoms with Crippen molar-refractivity contribution in [2.45, 2.75) is 96.0 Å². The minimum atomic E-state index is -1.13. The van der Waals surface area contributed by atoms with Gasteiger partial charge in [-0.15, -0.1) is 0 Å². The first-order chi connectivity index (χ1) is 21.7. The summed E-state index contributed by atoms with van der Waals surface area (Å²) in [5, 5.41) is 7.93. The summed E-state index contributed by atoms with van der Waals surface area (Å²) in [6.45, 7) is 7.42. The van der Waals surface area contributed by atoms with E-state index in [2.05, 4.69) is 16.0 Å². The molecular formula is C32H51N5O9. The summed E-state index contributed by atoms with van der Waals surface area (Å²) >= 11 is 0. The van der Waals surface area contributed by atoms with E-state index >= 15 is 0 Å². The van der Waals surface area contributed by atoms with Crippen LogP contribution in [0.15, 0.2) is 18.2 Å². The highest BCUT2D eigenvalue weighted by atomic mass is 16.6. The van der Waals surface area contributed by atoms with Crippen LogP contribution < -0.4 is 26.4 Å². The standard InChI is InChI=1S/C32H51N5O9/c1-20-27(38)36-24(30(41)44-7)19-45-17-11-9-12-21-18-22(14-15-25(21)43-6)26(28(39)35-20)37(5)29(40)23(33)13-8-10-16-34-31(42)46-32(2,3)4/h14-15,18,20,23-24,26H,8-13,16-17,19,33H2,1-7H3,(H,34,42)(H,35,39)(H,36,38)/t20-,23-,24-,26-/m0/s1. The van der Waals surface area contributed by atoms with Crippen molar-refractivity contribution in [1.82, 2.24) is 20.9 Å². The number of benzene rings is 1. The van der Waals surface area contributed by atoms with Gasteiger partial charge in [-0.25, -0.2) is 9.59 Å².